The molecule has 2 rings (SSSR count). The number of primary amides is 1. The molecule has 0 bridgehead atoms. The number of carbonyl (C=O) groups excluding carboxylic acids is 1. The van der Waals surface area contributed by atoms with E-state index in [-0.39, 0.29) is 5.56 Å². The Hall–Kier alpha value is -2.56. The van der Waals surface area contributed by atoms with E-state index in [0.717, 1.165) is 11.6 Å². The van der Waals surface area contributed by atoms with Crippen molar-refractivity contribution in [1.29, 1.82) is 0 Å². The molecule has 0 saturated carbocycles. The predicted molar refractivity (Wildman–Crippen MR) is 77.9 cm³/mol. The van der Waals surface area contributed by atoms with Crippen LogP contribution in [0.15, 0.2) is 42.5 Å². The molecule has 0 radical (unpaired) electrons. The number of anilines is 2. The molecule has 0 spiro atoms. The Bertz CT molecular complexity index is 643. The minimum absolute atomic E-state index is 0.163. The fourth-order valence-electron chi connectivity index (χ4n) is 2.09. The number of nitrogens with two attached hydrogens (primary N) is 2. The van der Waals surface area contributed by atoms with Crippen LogP contribution in [0.2, 0.25) is 0 Å². The highest BCUT2D eigenvalue weighted by atomic mass is 19.1. The maximum absolute atomic E-state index is 13.2. The number of hydrogen-bond donors (Lipinski definition) is 2. The summed E-state index contributed by atoms with van der Waals surface area (Å²) in [4.78, 5) is 13.2. The zero-order valence-electron chi connectivity index (χ0n) is 11.1. The van der Waals surface area contributed by atoms with Gasteiger partial charge < -0.3 is 16.4 Å². The van der Waals surface area contributed by atoms with Gasteiger partial charge in [0.25, 0.3) is 5.91 Å². The largest absolute Gasteiger partial charge is 0.399 e. The maximum atomic E-state index is 13.2. The molecule has 0 aliphatic carbocycles. The molecule has 0 heterocycles. The van der Waals surface area contributed by atoms with Crippen LogP contribution in [-0.4, -0.2) is 13.0 Å². The van der Waals surface area contributed by atoms with Gasteiger partial charge in [-0.25, -0.2) is 4.39 Å². The number of halogens is 1. The molecular weight excluding hydrogens is 257 g/mol. The number of carbonyl (C=O) groups is 1. The van der Waals surface area contributed by atoms with Gasteiger partial charge in [0.2, 0.25) is 0 Å². The minimum Gasteiger partial charge on any atom is -0.399 e. The smallest absolute Gasteiger partial charge is 0.250 e. The van der Waals surface area contributed by atoms with Crippen LogP contribution < -0.4 is 16.4 Å². The zero-order valence-corrected chi connectivity index (χ0v) is 11.1. The molecule has 2 aromatic carbocycles. The molecule has 4 nitrogen and oxygen atoms in total. The zero-order chi connectivity index (χ0) is 14.7. The molecule has 4 N–H and O–H groups in total. The number of amides is 1. The summed E-state index contributed by atoms with van der Waals surface area (Å²) < 4.78 is 13.2. The van der Waals surface area contributed by atoms with Gasteiger partial charge in [-0.2, -0.15) is 0 Å². The number of hydrogen-bond acceptors (Lipinski definition) is 3. The van der Waals surface area contributed by atoms with Crippen molar-refractivity contribution in [3.63, 3.8) is 0 Å². The van der Waals surface area contributed by atoms with E-state index in [4.69, 9.17) is 11.5 Å². The lowest BCUT2D eigenvalue weighted by atomic mass is 10.1. The molecule has 0 fully saturated rings. The van der Waals surface area contributed by atoms with Gasteiger partial charge in [0.1, 0.15) is 5.82 Å². The number of nitrogens with zero attached hydrogens (tertiary/aromatic N) is 1. The summed E-state index contributed by atoms with van der Waals surface area (Å²) in [5.41, 5.74) is 13.4. The number of rotatable bonds is 4. The molecule has 0 unspecified atom stereocenters. The molecular formula is C15H16FN3O. The lowest BCUT2D eigenvalue weighted by molar-refractivity contribution is 0.100. The van der Waals surface area contributed by atoms with Crippen molar-refractivity contribution >= 4 is 17.3 Å². The molecule has 1 amide bonds. The monoisotopic (exact) mass is 273 g/mol. The maximum Gasteiger partial charge on any atom is 0.250 e. The van der Waals surface area contributed by atoms with Crippen molar-refractivity contribution in [3.05, 3.63) is 59.4 Å². The molecule has 104 valence electrons. The fraction of sp³-hybridized carbons (Fsp3) is 0.133. The van der Waals surface area contributed by atoms with Gasteiger partial charge in [-0.3, -0.25) is 4.79 Å². The second-order valence-electron chi connectivity index (χ2n) is 4.63. The second kappa shape index (κ2) is 5.61. The highest BCUT2D eigenvalue weighted by Crippen LogP contribution is 2.22. The van der Waals surface area contributed by atoms with Gasteiger partial charge in [0.15, 0.2) is 0 Å². The van der Waals surface area contributed by atoms with Crippen molar-refractivity contribution in [2.45, 2.75) is 6.54 Å². The SMILES string of the molecule is CN(Cc1cccc(N)c1)c1ccc(F)cc1C(N)=O. The van der Waals surface area contributed by atoms with Gasteiger partial charge in [0, 0.05) is 25.0 Å². The van der Waals surface area contributed by atoms with Crippen LogP contribution in [0.25, 0.3) is 0 Å². The third kappa shape index (κ3) is 3.06. The molecule has 20 heavy (non-hydrogen) atoms. The summed E-state index contributed by atoms with van der Waals surface area (Å²) in [6.07, 6.45) is 0. The van der Waals surface area contributed by atoms with Crippen molar-refractivity contribution in [2.24, 2.45) is 5.73 Å². The Labute approximate surface area is 116 Å². The van der Waals surface area contributed by atoms with E-state index < -0.39 is 11.7 Å². The van der Waals surface area contributed by atoms with Gasteiger partial charge in [-0.05, 0) is 35.9 Å². The van der Waals surface area contributed by atoms with Crippen LogP contribution in [-0.2, 0) is 6.54 Å². The Balaban J connectivity index is 2.29. The van der Waals surface area contributed by atoms with E-state index in [1.165, 1.54) is 6.07 Å². The standard InChI is InChI=1S/C15H16FN3O/c1-19(9-10-3-2-4-12(17)7-10)14-6-5-11(16)8-13(14)15(18)20/h2-8H,9,17H2,1H3,(H2,18,20). The third-order valence-electron chi connectivity index (χ3n) is 3.01. The lowest BCUT2D eigenvalue weighted by Crippen LogP contribution is -2.22. The first-order valence-electron chi connectivity index (χ1n) is 6.12. The van der Waals surface area contributed by atoms with E-state index in [1.807, 2.05) is 30.1 Å². The number of benzene rings is 2. The van der Waals surface area contributed by atoms with Crippen LogP contribution in [0.1, 0.15) is 15.9 Å². The molecule has 0 aromatic heterocycles. The third-order valence-corrected chi connectivity index (χ3v) is 3.01. The summed E-state index contributed by atoms with van der Waals surface area (Å²) in [7, 11) is 1.81. The Kier molecular flexibility index (Phi) is 3.89. The van der Waals surface area contributed by atoms with Crippen LogP contribution in [0.3, 0.4) is 0 Å². The van der Waals surface area contributed by atoms with Crippen LogP contribution >= 0.6 is 0 Å². The van der Waals surface area contributed by atoms with Crippen molar-refractivity contribution in [2.75, 3.05) is 17.7 Å². The lowest BCUT2D eigenvalue weighted by Gasteiger charge is -2.21. The molecule has 2 aromatic rings. The normalized spacial score (nSPS) is 10.3. The van der Waals surface area contributed by atoms with E-state index >= 15 is 0 Å². The van der Waals surface area contributed by atoms with Crippen LogP contribution in [0, 0.1) is 5.82 Å². The molecule has 0 aliphatic rings. The Morgan fingerprint density at radius 2 is 2.00 bits per heavy atom. The average Bonchev–Trinajstić information content (AvgIpc) is 2.38. The fourth-order valence-corrected chi connectivity index (χ4v) is 2.09. The Morgan fingerprint density at radius 3 is 2.65 bits per heavy atom. The number of nitrogen functional groups attached to an aromatic ring is 1. The average molecular weight is 273 g/mol. The summed E-state index contributed by atoms with van der Waals surface area (Å²) >= 11 is 0. The van der Waals surface area contributed by atoms with Gasteiger partial charge in [-0.1, -0.05) is 12.1 Å². The molecule has 5 heteroatoms. The first kappa shape index (κ1) is 13.9. The minimum atomic E-state index is -0.654. The summed E-state index contributed by atoms with van der Waals surface area (Å²) in [5, 5.41) is 0. The highest BCUT2D eigenvalue weighted by molar-refractivity contribution is 5.98. The predicted octanol–water partition coefficient (Wildman–Crippen LogP) is 2.14. The summed E-state index contributed by atoms with van der Waals surface area (Å²) in [6, 6.07) is 11.4. The van der Waals surface area contributed by atoms with Crippen molar-refractivity contribution in [3.8, 4) is 0 Å². The Morgan fingerprint density at radius 1 is 1.25 bits per heavy atom. The van der Waals surface area contributed by atoms with Gasteiger partial charge >= 0.3 is 0 Å². The second-order valence-corrected chi connectivity index (χ2v) is 4.63. The van der Waals surface area contributed by atoms with Gasteiger partial charge in [-0.15, -0.1) is 0 Å². The van der Waals surface area contributed by atoms with Crippen molar-refractivity contribution in [1.82, 2.24) is 0 Å². The van der Waals surface area contributed by atoms with Crippen LogP contribution in [0.5, 0.6) is 0 Å². The molecule has 0 atom stereocenters. The molecule has 0 aliphatic heterocycles. The summed E-state index contributed by atoms with van der Waals surface area (Å²) in [5.74, 6) is -1.14. The van der Waals surface area contributed by atoms with E-state index in [2.05, 4.69) is 0 Å². The van der Waals surface area contributed by atoms with Crippen LogP contribution in [0.4, 0.5) is 15.8 Å². The first-order chi connectivity index (χ1) is 9.47. The first-order valence-corrected chi connectivity index (χ1v) is 6.12. The summed E-state index contributed by atoms with van der Waals surface area (Å²) in [6.45, 7) is 0.539. The highest BCUT2D eigenvalue weighted by Gasteiger charge is 2.13. The van der Waals surface area contributed by atoms with Gasteiger partial charge in [0.05, 0.1) is 5.56 Å². The van der Waals surface area contributed by atoms with E-state index in [9.17, 15) is 9.18 Å². The molecule has 0 saturated heterocycles. The topological polar surface area (TPSA) is 72.3 Å². The quantitative estimate of drug-likeness (QED) is 0.838. The van der Waals surface area contributed by atoms with E-state index in [1.54, 1.807) is 12.1 Å². The van der Waals surface area contributed by atoms with E-state index in [0.29, 0.717) is 17.9 Å². The van der Waals surface area contributed by atoms with Crippen molar-refractivity contribution < 1.29 is 9.18 Å².